The summed E-state index contributed by atoms with van der Waals surface area (Å²) in [4.78, 5) is 16.6. The lowest BCUT2D eigenvalue weighted by Gasteiger charge is -2.23. The van der Waals surface area contributed by atoms with Crippen LogP contribution >= 0.6 is 7.82 Å². The summed E-state index contributed by atoms with van der Waals surface area (Å²) in [7, 11) is 1.50. The van der Waals surface area contributed by atoms with Gasteiger partial charge in [-0.15, -0.1) is 0 Å². The fraction of sp³-hybridized carbons (Fsp3) is 1.00. The molecule has 0 rings (SSSR count). The maximum Gasteiger partial charge on any atom is 0.469 e. The molecule has 0 heterocycles. The summed E-state index contributed by atoms with van der Waals surface area (Å²) in [5.74, 6) is 0. The van der Waals surface area contributed by atoms with Crippen molar-refractivity contribution in [2.45, 2.75) is 0 Å². The molecule has 0 spiro atoms. The molecule has 0 aromatic rings. The van der Waals surface area contributed by atoms with Gasteiger partial charge in [-0.25, -0.2) is 4.57 Å². The molecule has 0 radical (unpaired) electrons. The smallest absolute Gasteiger partial charge is 0.329 e. The first kappa shape index (κ1) is 11.1. The van der Waals surface area contributed by atoms with Crippen molar-refractivity contribution in [3.8, 4) is 0 Å². The molecule has 0 aromatic carbocycles. The number of likely N-dealkylation sites (N-methyl/N-ethyl adjacent to an activating group) is 1. The minimum absolute atomic E-state index is 0.0772. The van der Waals surface area contributed by atoms with Gasteiger partial charge in [0.15, 0.2) is 0 Å². The lowest BCUT2D eigenvalue weighted by molar-refractivity contribution is -0.870. The number of quaternary nitrogens is 1. The van der Waals surface area contributed by atoms with Gasteiger partial charge in [-0.3, -0.25) is 4.52 Å². The van der Waals surface area contributed by atoms with E-state index in [2.05, 4.69) is 4.52 Å². The molecule has 0 aromatic heterocycles. The van der Waals surface area contributed by atoms with Crippen LogP contribution in [0.1, 0.15) is 0 Å². The van der Waals surface area contributed by atoms with E-state index in [1.54, 1.807) is 0 Å². The Balaban J connectivity index is 3.52. The Kier molecular flexibility index (Phi) is 3.67. The second-order valence-corrected chi connectivity index (χ2v) is 4.58. The molecule has 0 amide bonds. The summed E-state index contributed by atoms with van der Waals surface area (Å²) in [5, 5.41) is 0. The molecule has 0 aliphatic rings. The molecule has 5 nitrogen and oxygen atoms in total. The van der Waals surface area contributed by atoms with E-state index in [0.29, 0.717) is 11.0 Å². The first-order valence-corrected chi connectivity index (χ1v) is 4.74. The molecular weight excluding hydrogens is 170 g/mol. The third-order valence-electron chi connectivity index (χ3n) is 1.02. The first-order valence-electron chi connectivity index (χ1n) is 3.21. The second-order valence-electron chi connectivity index (χ2n) is 3.34. The van der Waals surface area contributed by atoms with Gasteiger partial charge in [0.1, 0.15) is 13.2 Å². The summed E-state index contributed by atoms with van der Waals surface area (Å²) in [5.41, 5.74) is 0. The summed E-state index contributed by atoms with van der Waals surface area (Å²) < 4.78 is 15.1. The van der Waals surface area contributed by atoms with E-state index in [9.17, 15) is 4.57 Å². The van der Waals surface area contributed by atoms with Gasteiger partial charge in [-0.2, -0.15) is 0 Å². The number of nitrogens with zero attached hydrogens (tertiary/aromatic N) is 1. The van der Waals surface area contributed by atoms with Gasteiger partial charge in [0.2, 0.25) is 0 Å². The fourth-order valence-electron chi connectivity index (χ4n) is 0.434. The largest absolute Gasteiger partial charge is 0.469 e. The Morgan fingerprint density at radius 2 is 1.82 bits per heavy atom. The number of hydrogen-bond acceptors (Lipinski definition) is 2. The molecule has 0 atom stereocenters. The van der Waals surface area contributed by atoms with Crippen molar-refractivity contribution >= 4 is 7.82 Å². The summed E-state index contributed by atoms with van der Waals surface area (Å²) in [6, 6.07) is 0. The first-order chi connectivity index (χ1) is 4.71. The third-order valence-corrected chi connectivity index (χ3v) is 1.54. The van der Waals surface area contributed by atoms with Crippen molar-refractivity contribution in [2.75, 3.05) is 34.3 Å². The lowest BCUT2D eigenvalue weighted by atomic mass is 10.5. The van der Waals surface area contributed by atoms with Crippen LogP contribution in [0, 0.1) is 0 Å². The summed E-state index contributed by atoms with van der Waals surface area (Å²) in [6.45, 7) is 0.652. The van der Waals surface area contributed by atoms with Gasteiger partial charge in [0.05, 0.1) is 21.1 Å². The molecule has 2 N–H and O–H groups in total. The van der Waals surface area contributed by atoms with E-state index in [-0.39, 0.29) is 6.61 Å². The lowest BCUT2D eigenvalue weighted by Crippen LogP contribution is -2.37. The zero-order valence-electron chi connectivity index (χ0n) is 7.02. The highest BCUT2D eigenvalue weighted by Crippen LogP contribution is 2.35. The van der Waals surface area contributed by atoms with Crippen LogP contribution in [-0.4, -0.2) is 48.6 Å². The van der Waals surface area contributed by atoms with Crippen LogP contribution in [-0.2, 0) is 9.09 Å². The van der Waals surface area contributed by atoms with Crippen molar-refractivity contribution in [3.05, 3.63) is 0 Å². The topological polar surface area (TPSA) is 66.8 Å². The van der Waals surface area contributed by atoms with Gasteiger partial charge in [-0.05, 0) is 0 Å². The van der Waals surface area contributed by atoms with Gasteiger partial charge in [-0.1, -0.05) is 0 Å². The van der Waals surface area contributed by atoms with Gasteiger partial charge in [0.25, 0.3) is 0 Å². The van der Waals surface area contributed by atoms with Crippen molar-refractivity contribution in [3.63, 3.8) is 0 Å². The standard InChI is InChI=1S/C5H14NO4P/c1-6(2,3)4-5-10-11(7,8)9/h4-5H2,1-3H3,(H-,7,8,9)/p+1/i11+1. The Labute approximate surface area is 66.4 Å². The molecule has 11 heavy (non-hydrogen) atoms. The monoisotopic (exact) mass is 185 g/mol. The summed E-state index contributed by atoms with van der Waals surface area (Å²) >= 11 is 0. The Morgan fingerprint density at radius 1 is 1.36 bits per heavy atom. The van der Waals surface area contributed by atoms with Crippen LogP contribution in [0.15, 0.2) is 0 Å². The molecule has 0 saturated heterocycles. The number of rotatable bonds is 4. The van der Waals surface area contributed by atoms with Gasteiger partial charge >= 0.3 is 7.82 Å². The van der Waals surface area contributed by atoms with Gasteiger partial charge < -0.3 is 14.3 Å². The molecule has 0 unspecified atom stereocenters. The predicted molar refractivity (Wildman–Crippen MR) is 40.9 cm³/mol. The van der Waals surface area contributed by atoms with Gasteiger partial charge in [0, 0.05) is 0 Å². The highest BCUT2D eigenvalue weighted by molar-refractivity contribution is 7.46. The zero-order valence-corrected chi connectivity index (χ0v) is 7.91. The van der Waals surface area contributed by atoms with Crippen molar-refractivity contribution < 1.29 is 23.4 Å². The third kappa shape index (κ3) is 10.1. The van der Waals surface area contributed by atoms with E-state index >= 15 is 0 Å². The minimum Gasteiger partial charge on any atom is -0.329 e. The summed E-state index contributed by atoms with van der Waals surface area (Å²) in [6.07, 6.45) is 0. The van der Waals surface area contributed by atoms with Crippen LogP contribution < -0.4 is 0 Å². The average Bonchev–Trinajstić information content (AvgIpc) is 1.55. The Bertz CT molecular complexity index is 158. The number of hydrogen-bond donors (Lipinski definition) is 2. The normalized spacial score (nSPS) is 13.5. The molecule has 0 fully saturated rings. The fourth-order valence-corrected chi connectivity index (χ4v) is 0.753. The van der Waals surface area contributed by atoms with Crippen molar-refractivity contribution in [1.82, 2.24) is 0 Å². The van der Waals surface area contributed by atoms with E-state index < -0.39 is 7.82 Å². The van der Waals surface area contributed by atoms with Crippen LogP contribution in [0.5, 0.6) is 0 Å². The van der Waals surface area contributed by atoms with E-state index in [0.717, 1.165) is 0 Å². The SMILES string of the molecule is C[N+](C)(C)CCO[32P](=O)(O)O. The average molecular weight is 185 g/mol. The second kappa shape index (κ2) is 3.65. The highest BCUT2D eigenvalue weighted by Gasteiger charge is 2.15. The van der Waals surface area contributed by atoms with Crippen LogP contribution in [0.4, 0.5) is 0 Å². The van der Waals surface area contributed by atoms with Crippen LogP contribution in [0.2, 0.25) is 0 Å². The number of phosphoric ester groups is 1. The molecule has 0 saturated carbocycles. The maximum absolute atomic E-state index is 10.2. The van der Waals surface area contributed by atoms with E-state index in [1.165, 1.54) is 0 Å². The predicted octanol–water partition coefficient (Wildman–Crippen LogP) is -0.198. The minimum atomic E-state index is -4.26. The molecule has 68 valence electrons. The Morgan fingerprint density at radius 3 is 2.09 bits per heavy atom. The molecule has 0 aliphatic heterocycles. The van der Waals surface area contributed by atoms with E-state index in [4.69, 9.17) is 9.79 Å². The Hall–Kier alpha value is 0.0700. The molecular formula is C5H15NO4P+. The molecule has 0 aliphatic carbocycles. The van der Waals surface area contributed by atoms with E-state index in [1.807, 2.05) is 21.1 Å². The maximum atomic E-state index is 10.2. The number of phosphoric acid groups is 1. The van der Waals surface area contributed by atoms with Crippen molar-refractivity contribution in [1.29, 1.82) is 0 Å². The molecule has 0 bridgehead atoms. The van der Waals surface area contributed by atoms with Crippen molar-refractivity contribution in [2.24, 2.45) is 0 Å². The van der Waals surface area contributed by atoms with Crippen LogP contribution in [0.3, 0.4) is 0 Å². The quantitative estimate of drug-likeness (QED) is 0.470. The van der Waals surface area contributed by atoms with Crippen LogP contribution in [0.25, 0.3) is 0 Å². The zero-order chi connectivity index (χ0) is 9.12. The molecule has 6 heteroatoms. The highest BCUT2D eigenvalue weighted by atomic mass is 32.2.